The average Bonchev–Trinajstić information content (AvgIpc) is 2.96. The van der Waals surface area contributed by atoms with E-state index in [1.54, 1.807) is 0 Å². The molecule has 7 N–H and O–H groups in total. The Hall–Kier alpha value is -2.51. The van der Waals surface area contributed by atoms with Crippen LogP contribution in [0, 0.1) is 50.2 Å². The van der Waals surface area contributed by atoms with Gasteiger partial charge >= 0.3 is 17.9 Å². The molecule has 6 aliphatic rings. The molecule has 5 aliphatic carbocycles. The van der Waals surface area contributed by atoms with Crippen molar-refractivity contribution in [3.05, 3.63) is 23.5 Å². The van der Waals surface area contributed by atoms with E-state index in [2.05, 4.69) is 33.8 Å². The van der Waals surface area contributed by atoms with E-state index in [4.69, 9.17) is 9.47 Å². The van der Waals surface area contributed by atoms with Crippen molar-refractivity contribution in [2.24, 2.45) is 50.2 Å². The maximum Gasteiger partial charge on any atom is 0.371 e. The Bertz CT molecular complexity index is 1450. The smallest absolute Gasteiger partial charge is 0.371 e. The highest BCUT2D eigenvalue weighted by molar-refractivity contribution is 5.84. The molecule has 268 valence electrons. The summed E-state index contributed by atoms with van der Waals surface area (Å²) in [5.74, 6) is -5.31. The first-order valence-corrected chi connectivity index (χ1v) is 17.3. The third-order valence-corrected chi connectivity index (χ3v) is 14.8. The summed E-state index contributed by atoms with van der Waals surface area (Å²) in [5.41, 5.74) is -3.73. The molecule has 0 amide bonds. The number of ether oxygens (including phenoxy) is 2. The van der Waals surface area contributed by atoms with E-state index in [1.807, 2.05) is 6.92 Å². The maximum absolute atomic E-state index is 13.3. The summed E-state index contributed by atoms with van der Waals surface area (Å²) < 4.78 is 11.3. The van der Waals surface area contributed by atoms with Gasteiger partial charge in [-0.15, -0.1) is 0 Å². The number of fused-ring (bicyclic) bond motifs is 7. The Labute approximate surface area is 280 Å². The summed E-state index contributed by atoms with van der Waals surface area (Å²) in [6.07, 6.45) is -2.11. The number of hydrogen-bond donors (Lipinski definition) is 7. The number of allylic oxidation sites excluding steroid dienone is 2. The first-order chi connectivity index (χ1) is 22.1. The SMILES string of the molecule is CC1(C)CC[C@]2(C(=O)O)[C@H](O)C[C@]3(C)C(=CC[C@@H]4[C@@]5(C)C[C@H](O)[C@H](O[C@@H]6OC(C(=O)O)=C[C@H](O)[C@H]6O)[C@@](C)(C(=O)O)[C@@H]5CC[C@]43C)[C@@H]2C1. The van der Waals surface area contributed by atoms with E-state index in [0.717, 1.165) is 11.6 Å². The molecule has 0 spiro atoms. The van der Waals surface area contributed by atoms with Crippen LogP contribution in [-0.2, 0) is 23.9 Å². The van der Waals surface area contributed by atoms with Crippen molar-refractivity contribution in [1.82, 2.24) is 0 Å². The average molecular weight is 677 g/mol. The number of hydrogen-bond acceptors (Lipinski definition) is 9. The molecule has 12 heteroatoms. The molecule has 1 heterocycles. The number of aliphatic hydroxyl groups excluding tert-OH is 4. The molecular formula is C36H52O12. The van der Waals surface area contributed by atoms with Crippen molar-refractivity contribution < 1.29 is 59.6 Å². The second-order valence-corrected chi connectivity index (χ2v) is 17.5. The van der Waals surface area contributed by atoms with Crippen LogP contribution < -0.4 is 0 Å². The Balaban J connectivity index is 1.39. The summed E-state index contributed by atoms with van der Waals surface area (Å²) >= 11 is 0. The third-order valence-electron chi connectivity index (χ3n) is 14.8. The molecule has 14 atom stereocenters. The number of aliphatic hydroxyl groups is 4. The minimum absolute atomic E-state index is 0.0949. The summed E-state index contributed by atoms with van der Waals surface area (Å²) in [5, 5.41) is 75.5. The fraction of sp³-hybridized carbons (Fsp3) is 0.806. The predicted octanol–water partition coefficient (Wildman–Crippen LogP) is 3.31. The summed E-state index contributed by atoms with van der Waals surface area (Å²) in [6, 6.07) is 0. The molecule has 0 aromatic heterocycles. The van der Waals surface area contributed by atoms with Gasteiger partial charge in [0, 0.05) is 0 Å². The van der Waals surface area contributed by atoms with Gasteiger partial charge in [-0.2, -0.15) is 0 Å². The largest absolute Gasteiger partial charge is 0.481 e. The number of rotatable bonds is 5. The van der Waals surface area contributed by atoms with Gasteiger partial charge in [0.1, 0.15) is 23.7 Å². The Kier molecular flexibility index (Phi) is 8.09. The topological polar surface area (TPSA) is 211 Å². The Morgan fingerprint density at radius 1 is 0.854 bits per heavy atom. The lowest BCUT2D eigenvalue weighted by Gasteiger charge is -2.71. The lowest BCUT2D eigenvalue weighted by atomic mass is 9.33. The molecule has 4 fully saturated rings. The zero-order chi connectivity index (χ0) is 35.6. The first kappa shape index (κ1) is 35.3. The Morgan fingerprint density at radius 2 is 1.52 bits per heavy atom. The molecule has 4 saturated carbocycles. The van der Waals surface area contributed by atoms with Gasteiger partial charge in [0.2, 0.25) is 12.0 Å². The van der Waals surface area contributed by atoms with E-state index in [1.165, 1.54) is 6.92 Å². The first-order valence-electron chi connectivity index (χ1n) is 17.3. The van der Waals surface area contributed by atoms with Crippen LogP contribution in [0.3, 0.4) is 0 Å². The number of carbonyl (C=O) groups is 3. The molecule has 48 heavy (non-hydrogen) atoms. The fourth-order valence-corrected chi connectivity index (χ4v) is 12.0. The summed E-state index contributed by atoms with van der Waals surface area (Å²) in [4.78, 5) is 37.9. The molecule has 0 radical (unpaired) electrons. The Morgan fingerprint density at radius 3 is 2.12 bits per heavy atom. The quantitative estimate of drug-likeness (QED) is 0.209. The molecule has 6 rings (SSSR count). The van der Waals surface area contributed by atoms with E-state index < -0.39 is 93.5 Å². The molecule has 0 saturated heterocycles. The lowest BCUT2D eigenvalue weighted by Crippen LogP contribution is -2.70. The van der Waals surface area contributed by atoms with Crippen molar-refractivity contribution in [3.63, 3.8) is 0 Å². The second kappa shape index (κ2) is 11.0. The van der Waals surface area contributed by atoms with E-state index in [-0.39, 0.29) is 30.1 Å². The van der Waals surface area contributed by atoms with Gasteiger partial charge in [0.05, 0.1) is 17.6 Å². The van der Waals surface area contributed by atoms with Gasteiger partial charge < -0.3 is 45.2 Å². The van der Waals surface area contributed by atoms with E-state index >= 15 is 0 Å². The fourth-order valence-electron chi connectivity index (χ4n) is 12.0. The van der Waals surface area contributed by atoms with Crippen LogP contribution in [0.2, 0.25) is 0 Å². The van der Waals surface area contributed by atoms with Crippen LogP contribution in [0.5, 0.6) is 0 Å². The van der Waals surface area contributed by atoms with E-state index in [9.17, 15) is 50.1 Å². The maximum atomic E-state index is 13.3. The van der Waals surface area contributed by atoms with Crippen LogP contribution in [-0.4, -0.2) is 90.5 Å². The third kappa shape index (κ3) is 4.54. The molecule has 0 unspecified atom stereocenters. The zero-order valence-electron chi connectivity index (χ0n) is 28.7. The lowest BCUT2D eigenvalue weighted by molar-refractivity contribution is -0.297. The van der Waals surface area contributed by atoms with Crippen LogP contribution in [0.1, 0.15) is 92.9 Å². The highest BCUT2D eigenvalue weighted by Gasteiger charge is 2.73. The van der Waals surface area contributed by atoms with Crippen LogP contribution in [0.15, 0.2) is 23.5 Å². The van der Waals surface area contributed by atoms with Gasteiger partial charge in [0.15, 0.2) is 0 Å². The molecule has 12 nitrogen and oxygen atoms in total. The van der Waals surface area contributed by atoms with Gasteiger partial charge in [-0.05, 0) is 104 Å². The molecule has 0 aromatic rings. The molecule has 0 bridgehead atoms. The zero-order valence-corrected chi connectivity index (χ0v) is 28.7. The minimum atomic E-state index is -1.73. The standard InChI is InChI=1S/C36H52O12/c1-31(2)11-12-36(30(45)46)18(14-31)17-7-8-22-32(3)15-20(38)26(48-28-25(40)19(37)13-21(47-28)27(41)42)35(6,29(43)44)23(32)9-10-33(22,4)34(17,5)16-24(36)39/h7,13,18-20,22-26,28,37-40H,8-12,14-16H2,1-6H3,(H,41,42)(H,43,44)(H,45,46)/t18-,19-,20-,22+,23+,24+,25+,26-,28-,32+,33+,34+,35-,36+/m0/s1. The predicted molar refractivity (Wildman–Crippen MR) is 169 cm³/mol. The number of carboxylic acids is 3. The summed E-state index contributed by atoms with van der Waals surface area (Å²) in [7, 11) is 0. The van der Waals surface area contributed by atoms with Gasteiger partial charge in [-0.25, -0.2) is 4.79 Å². The van der Waals surface area contributed by atoms with Gasteiger partial charge in [-0.1, -0.05) is 46.3 Å². The molecular weight excluding hydrogens is 624 g/mol. The normalized spacial score (nSPS) is 51.0. The molecule has 1 aliphatic heterocycles. The van der Waals surface area contributed by atoms with Crippen LogP contribution >= 0.6 is 0 Å². The van der Waals surface area contributed by atoms with Crippen molar-refractivity contribution in [2.45, 2.75) is 130 Å². The monoisotopic (exact) mass is 676 g/mol. The minimum Gasteiger partial charge on any atom is -0.481 e. The van der Waals surface area contributed by atoms with Crippen molar-refractivity contribution in [3.8, 4) is 0 Å². The van der Waals surface area contributed by atoms with Gasteiger partial charge in [0.25, 0.3) is 0 Å². The van der Waals surface area contributed by atoms with Crippen molar-refractivity contribution in [1.29, 1.82) is 0 Å². The highest BCUT2D eigenvalue weighted by atomic mass is 16.7. The number of carboxylic acid groups (broad SMARTS) is 3. The van der Waals surface area contributed by atoms with Crippen LogP contribution in [0.4, 0.5) is 0 Å². The van der Waals surface area contributed by atoms with Crippen molar-refractivity contribution in [2.75, 3.05) is 0 Å². The second-order valence-electron chi connectivity index (χ2n) is 17.5. The van der Waals surface area contributed by atoms with Gasteiger partial charge in [-0.3, -0.25) is 9.59 Å². The van der Waals surface area contributed by atoms with E-state index in [0.29, 0.717) is 38.5 Å². The van der Waals surface area contributed by atoms with Crippen LogP contribution in [0.25, 0.3) is 0 Å². The highest BCUT2D eigenvalue weighted by Crippen LogP contribution is 2.76. The number of aliphatic carboxylic acids is 3. The molecule has 0 aromatic carbocycles. The van der Waals surface area contributed by atoms with Crippen molar-refractivity contribution >= 4 is 17.9 Å². The summed E-state index contributed by atoms with van der Waals surface area (Å²) in [6.45, 7) is 12.2.